The van der Waals surface area contributed by atoms with Gasteiger partial charge in [0.15, 0.2) is 5.82 Å². The number of alkyl halides is 3. The lowest BCUT2D eigenvalue weighted by Gasteiger charge is -2.38. The number of hydrogen-bond acceptors (Lipinski definition) is 5. The molecule has 2 aliphatic rings. The zero-order valence-electron chi connectivity index (χ0n) is 13.8. The summed E-state index contributed by atoms with van der Waals surface area (Å²) >= 11 is 0. The number of anilines is 2. The van der Waals surface area contributed by atoms with Crippen molar-refractivity contribution in [2.24, 2.45) is 5.92 Å². The third-order valence-corrected chi connectivity index (χ3v) is 5.07. The molecule has 2 saturated heterocycles. The van der Waals surface area contributed by atoms with Crippen LogP contribution < -0.4 is 9.80 Å². The van der Waals surface area contributed by atoms with E-state index in [1.807, 2.05) is 9.80 Å². The lowest BCUT2D eigenvalue weighted by Crippen LogP contribution is -2.49. The Balaban J connectivity index is 1.57. The molecular weight excluding hydrogens is 350 g/mol. The van der Waals surface area contributed by atoms with Crippen LogP contribution in [0.4, 0.5) is 29.3 Å². The van der Waals surface area contributed by atoms with Gasteiger partial charge in [0.1, 0.15) is 11.5 Å². The number of fused-ring (bicyclic) bond motifs is 1. The summed E-state index contributed by atoms with van der Waals surface area (Å²) in [5.41, 5.74) is -0.881. The predicted octanol–water partition coefficient (Wildman–Crippen LogP) is 3.13. The van der Waals surface area contributed by atoms with E-state index in [-0.39, 0.29) is 6.04 Å². The molecule has 2 unspecified atom stereocenters. The van der Waals surface area contributed by atoms with Crippen molar-refractivity contribution in [3.63, 3.8) is 0 Å². The van der Waals surface area contributed by atoms with Crippen molar-refractivity contribution in [2.75, 3.05) is 29.4 Å². The van der Waals surface area contributed by atoms with Crippen molar-refractivity contribution < 1.29 is 17.6 Å². The number of pyridine rings is 1. The minimum absolute atomic E-state index is 0.0355. The van der Waals surface area contributed by atoms with Crippen molar-refractivity contribution in [3.8, 4) is 0 Å². The van der Waals surface area contributed by atoms with Gasteiger partial charge in [-0.3, -0.25) is 0 Å². The topological polar surface area (TPSA) is 45.2 Å². The van der Waals surface area contributed by atoms with Crippen molar-refractivity contribution in [2.45, 2.75) is 25.1 Å². The Morgan fingerprint density at radius 3 is 2.50 bits per heavy atom. The average Bonchev–Trinajstić information content (AvgIpc) is 3.05. The largest absolute Gasteiger partial charge is 0.433 e. The molecular formula is C17H17F4N5. The van der Waals surface area contributed by atoms with Crippen LogP contribution in [0.5, 0.6) is 0 Å². The molecule has 0 bridgehead atoms. The van der Waals surface area contributed by atoms with E-state index < -0.39 is 17.7 Å². The molecule has 138 valence electrons. The molecule has 9 heteroatoms. The van der Waals surface area contributed by atoms with E-state index >= 15 is 0 Å². The van der Waals surface area contributed by atoms with Crippen molar-refractivity contribution in [3.05, 3.63) is 42.1 Å². The third kappa shape index (κ3) is 3.17. The number of piperidine rings is 1. The molecule has 26 heavy (non-hydrogen) atoms. The van der Waals surface area contributed by atoms with Gasteiger partial charge in [-0.1, -0.05) is 6.07 Å². The predicted molar refractivity (Wildman–Crippen MR) is 87.3 cm³/mol. The zero-order valence-corrected chi connectivity index (χ0v) is 13.8. The van der Waals surface area contributed by atoms with E-state index in [4.69, 9.17) is 0 Å². The second-order valence-electron chi connectivity index (χ2n) is 6.62. The normalized spacial score (nSPS) is 23.2. The third-order valence-electron chi connectivity index (χ3n) is 5.07. The second kappa shape index (κ2) is 6.37. The molecule has 0 aliphatic carbocycles. The van der Waals surface area contributed by atoms with Gasteiger partial charge in [0.2, 0.25) is 5.95 Å². The van der Waals surface area contributed by atoms with Gasteiger partial charge in [-0.15, -0.1) is 0 Å². The number of hydrogen-bond donors (Lipinski definition) is 0. The fraction of sp³-hybridized carbons (Fsp3) is 0.471. The van der Waals surface area contributed by atoms with Gasteiger partial charge in [0.05, 0.1) is 18.4 Å². The molecule has 0 N–H and O–H groups in total. The Hall–Kier alpha value is -2.45. The molecule has 2 fully saturated rings. The minimum Gasteiger partial charge on any atom is -0.352 e. The van der Waals surface area contributed by atoms with Crippen molar-refractivity contribution >= 4 is 11.8 Å². The highest BCUT2D eigenvalue weighted by Gasteiger charge is 2.40. The van der Waals surface area contributed by atoms with E-state index in [9.17, 15) is 17.6 Å². The Labute approximate surface area is 147 Å². The van der Waals surface area contributed by atoms with Gasteiger partial charge in [-0.25, -0.2) is 19.3 Å². The maximum atomic E-state index is 13.0. The molecule has 0 amide bonds. The van der Waals surface area contributed by atoms with Crippen LogP contribution in [0.2, 0.25) is 0 Å². The van der Waals surface area contributed by atoms with Gasteiger partial charge in [0.25, 0.3) is 0 Å². The monoisotopic (exact) mass is 367 g/mol. The fourth-order valence-corrected chi connectivity index (χ4v) is 3.82. The first-order valence-corrected chi connectivity index (χ1v) is 8.45. The van der Waals surface area contributed by atoms with E-state index in [0.29, 0.717) is 30.8 Å². The SMILES string of the molecule is Fc1cnc(N2CCC3CCN(c4cccc(C(F)(F)F)n4)C3C2)nc1. The Kier molecular flexibility index (Phi) is 4.16. The van der Waals surface area contributed by atoms with Crippen LogP contribution in [0.1, 0.15) is 18.5 Å². The van der Waals surface area contributed by atoms with Crippen LogP contribution >= 0.6 is 0 Å². The summed E-state index contributed by atoms with van der Waals surface area (Å²) in [4.78, 5) is 15.8. The molecule has 2 aromatic heterocycles. The molecule has 4 heterocycles. The van der Waals surface area contributed by atoms with Crippen molar-refractivity contribution in [1.29, 1.82) is 0 Å². The Morgan fingerprint density at radius 2 is 1.77 bits per heavy atom. The number of rotatable bonds is 2. The van der Waals surface area contributed by atoms with Gasteiger partial charge >= 0.3 is 6.18 Å². The Morgan fingerprint density at radius 1 is 1.04 bits per heavy atom. The molecule has 0 spiro atoms. The van der Waals surface area contributed by atoms with Crippen LogP contribution in [0.3, 0.4) is 0 Å². The minimum atomic E-state index is -4.46. The highest BCUT2D eigenvalue weighted by atomic mass is 19.4. The van der Waals surface area contributed by atoms with Crippen LogP contribution in [0.25, 0.3) is 0 Å². The molecule has 5 nitrogen and oxygen atoms in total. The van der Waals surface area contributed by atoms with Gasteiger partial charge in [0, 0.05) is 19.6 Å². The van der Waals surface area contributed by atoms with Crippen molar-refractivity contribution in [1.82, 2.24) is 15.0 Å². The maximum absolute atomic E-state index is 13.0. The van der Waals surface area contributed by atoms with E-state index in [2.05, 4.69) is 15.0 Å². The summed E-state index contributed by atoms with van der Waals surface area (Å²) in [7, 11) is 0. The van der Waals surface area contributed by atoms with Crippen LogP contribution in [-0.4, -0.2) is 40.6 Å². The summed E-state index contributed by atoms with van der Waals surface area (Å²) in [5, 5.41) is 0. The van der Waals surface area contributed by atoms with E-state index in [1.165, 1.54) is 6.07 Å². The molecule has 2 aromatic rings. The zero-order chi connectivity index (χ0) is 18.3. The molecule has 0 saturated carbocycles. The summed E-state index contributed by atoms with van der Waals surface area (Å²) in [6.45, 7) is 1.99. The number of aromatic nitrogens is 3. The van der Waals surface area contributed by atoms with Gasteiger partial charge in [-0.2, -0.15) is 13.2 Å². The smallest absolute Gasteiger partial charge is 0.352 e. The maximum Gasteiger partial charge on any atom is 0.433 e. The average molecular weight is 367 g/mol. The lowest BCUT2D eigenvalue weighted by molar-refractivity contribution is -0.141. The van der Waals surface area contributed by atoms with Gasteiger partial charge in [-0.05, 0) is 30.9 Å². The first kappa shape index (κ1) is 17.0. The standard InChI is InChI=1S/C17H17F4N5/c18-12-8-22-16(23-9-12)25-6-4-11-5-7-26(13(11)10-25)15-3-1-2-14(24-15)17(19,20)21/h1-3,8-9,11,13H,4-7,10H2. The number of nitrogens with zero attached hydrogens (tertiary/aromatic N) is 5. The quantitative estimate of drug-likeness (QED) is 0.763. The number of halogens is 4. The highest BCUT2D eigenvalue weighted by Crippen LogP contribution is 2.36. The first-order valence-electron chi connectivity index (χ1n) is 8.45. The van der Waals surface area contributed by atoms with E-state index in [1.54, 1.807) is 6.07 Å². The lowest BCUT2D eigenvalue weighted by atomic mass is 9.92. The fourth-order valence-electron chi connectivity index (χ4n) is 3.82. The molecule has 0 radical (unpaired) electrons. The highest BCUT2D eigenvalue weighted by molar-refractivity contribution is 5.45. The van der Waals surface area contributed by atoms with Gasteiger partial charge < -0.3 is 9.80 Å². The first-order chi connectivity index (χ1) is 12.4. The molecule has 2 atom stereocenters. The molecule has 0 aromatic carbocycles. The van der Waals surface area contributed by atoms with Crippen LogP contribution in [0, 0.1) is 11.7 Å². The Bertz CT molecular complexity index is 779. The van der Waals surface area contributed by atoms with Crippen LogP contribution in [-0.2, 0) is 6.18 Å². The second-order valence-corrected chi connectivity index (χ2v) is 6.62. The molecule has 2 aliphatic heterocycles. The molecule has 4 rings (SSSR count). The summed E-state index contributed by atoms with van der Waals surface area (Å²) in [6, 6.07) is 4.03. The summed E-state index contributed by atoms with van der Waals surface area (Å²) < 4.78 is 51.9. The summed E-state index contributed by atoms with van der Waals surface area (Å²) in [5.74, 6) is 0.672. The summed E-state index contributed by atoms with van der Waals surface area (Å²) in [6.07, 6.45) is -0.415. The van der Waals surface area contributed by atoms with Crippen LogP contribution in [0.15, 0.2) is 30.6 Å². The van der Waals surface area contributed by atoms with E-state index in [0.717, 1.165) is 37.8 Å².